The number of nitrogens with zero attached hydrogens (tertiary/aromatic N) is 1. The van der Waals surface area contributed by atoms with E-state index in [0.717, 1.165) is 6.08 Å². The summed E-state index contributed by atoms with van der Waals surface area (Å²) in [5, 5.41) is 2.52. The van der Waals surface area contributed by atoms with Gasteiger partial charge >= 0.3 is 5.97 Å². The molecule has 1 heterocycles. The van der Waals surface area contributed by atoms with Crippen LogP contribution < -0.4 is 5.32 Å². The van der Waals surface area contributed by atoms with Crippen LogP contribution in [0.4, 0.5) is 0 Å². The molecule has 9 nitrogen and oxygen atoms in total. The Labute approximate surface area is 177 Å². The Morgan fingerprint density at radius 3 is 2.37 bits per heavy atom. The van der Waals surface area contributed by atoms with Gasteiger partial charge in [-0.1, -0.05) is 26.0 Å². The number of hydrogen-bond donors (Lipinski definition) is 1. The van der Waals surface area contributed by atoms with Gasteiger partial charge in [0, 0.05) is 25.2 Å². The normalized spacial score (nSPS) is 18.6. The number of ether oxygens (including phenoxy) is 1. The van der Waals surface area contributed by atoms with Crippen molar-refractivity contribution in [2.45, 2.75) is 31.2 Å². The molecule has 1 aromatic carbocycles. The van der Waals surface area contributed by atoms with E-state index in [2.05, 4.69) is 5.32 Å². The highest BCUT2D eigenvalue weighted by molar-refractivity contribution is 7.91. The van der Waals surface area contributed by atoms with Crippen LogP contribution in [-0.2, 0) is 34.2 Å². The molecule has 2 rings (SSSR count). The third kappa shape index (κ3) is 6.64. The number of hydrogen-bond acceptors (Lipinski definition) is 7. The van der Waals surface area contributed by atoms with Crippen molar-refractivity contribution in [1.82, 2.24) is 9.62 Å². The van der Waals surface area contributed by atoms with Crippen molar-refractivity contribution in [2.75, 3.05) is 31.2 Å². The van der Waals surface area contributed by atoms with Crippen molar-refractivity contribution in [3.05, 3.63) is 35.9 Å². The summed E-state index contributed by atoms with van der Waals surface area (Å²) in [6.45, 7) is 3.76. The maximum Gasteiger partial charge on any atom is 0.331 e. The van der Waals surface area contributed by atoms with Crippen molar-refractivity contribution in [3.8, 4) is 0 Å². The maximum absolute atomic E-state index is 12.4. The highest BCUT2D eigenvalue weighted by atomic mass is 32.2. The molecule has 0 saturated carbocycles. The molecule has 11 heteroatoms. The molecule has 1 aromatic rings. The van der Waals surface area contributed by atoms with Crippen LogP contribution in [0, 0.1) is 0 Å². The molecule has 1 fully saturated rings. The summed E-state index contributed by atoms with van der Waals surface area (Å²) in [5.41, 5.74) is 0.589. The van der Waals surface area contributed by atoms with Crippen molar-refractivity contribution in [2.24, 2.45) is 0 Å². The van der Waals surface area contributed by atoms with E-state index in [1.165, 1.54) is 22.5 Å². The molecule has 1 atom stereocenters. The zero-order chi connectivity index (χ0) is 22.4. The van der Waals surface area contributed by atoms with Gasteiger partial charge in [0.05, 0.1) is 16.4 Å². The lowest BCUT2D eigenvalue weighted by Crippen LogP contribution is -2.38. The Kier molecular flexibility index (Phi) is 8.16. The molecule has 1 saturated heterocycles. The first-order valence-electron chi connectivity index (χ1n) is 9.52. The predicted octanol–water partition coefficient (Wildman–Crippen LogP) is 0.577. The number of sulfonamides is 1. The minimum absolute atomic E-state index is 0.0372. The van der Waals surface area contributed by atoms with E-state index in [-0.39, 0.29) is 16.4 Å². The first kappa shape index (κ1) is 24.0. The van der Waals surface area contributed by atoms with Gasteiger partial charge in [0.1, 0.15) is 0 Å². The van der Waals surface area contributed by atoms with Gasteiger partial charge < -0.3 is 10.1 Å². The van der Waals surface area contributed by atoms with Crippen LogP contribution in [0.2, 0.25) is 0 Å². The fraction of sp³-hybridized carbons (Fsp3) is 0.474. The van der Waals surface area contributed by atoms with Gasteiger partial charge in [0.15, 0.2) is 16.4 Å². The summed E-state index contributed by atoms with van der Waals surface area (Å²) in [7, 11) is -6.66. The average molecular weight is 459 g/mol. The number of carbonyl (C=O) groups excluding carboxylic acids is 2. The molecule has 30 heavy (non-hydrogen) atoms. The third-order valence-electron chi connectivity index (χ3n) is 4.58. The Balaban J connectivity index is 1.85. The summed E-state index contributed by atoms with van der Waals surface area (Å²) >= 11 is 0. The van der Waals surface area contributed by atoms with E-state index < -0.39 is 44.4 Å². The Bertz CT molecular complexity index is 996. The molecule has 1 N–H and O–H groups in total. The first-order valence-corrected chi connectivity index (χ1v) is 12.8. The van der Waals surface area contributed by atoms with Gasteiger partial charge in [-0.15, -0.1) is 0 Å². The topological polar surface area (TPSA) is 127 Å². The predicted molar refractivity (Wildman–Crippen MR) is 112 cm³/mol. The largest absolute Gasteiger partial charge is 0.452 e. The average Bonchev–Trinajstić information content (AvgIpc) is 3.04. The number of sulfone groups is 1. The monoisotopic (exact) mass is 458 g/mol. The molecule has 1 amide bonds. The van der Waals surface area contributed by atoms with Crippen LogP contribution in [-0.4, -0.2) is 70.3 Å². The molecule has 0 bridgehead atoms. The fourth-order valence-electron chi connectivity index (χ4n) is 2.99. The summed E-state index contributed by atoms with van der Waals surface area (Å²) in [6, 6.07) is 5.59. The van der Waals surface area contributed by atoms with Crippen molar-refractivity contribution in [1.29, 1.82) is 0 Å². The molecule has 0 aromatic heterocycles. The van der Waals surface area contributed by atoms with E-state index in [0.29, 0.717) is 25.1 Å². The Morgan fingerprint density at radius 2 is 1.83 bits per heavy atom. The van der Waals surface area contributed by atoms with Crippen LogP contribution in [0.3, 0.4) is 0 Å². The lowest BCUT2D eigenvalue weighted by atomic mass is 10.2. The van der Waals surface area contributed by atoms with E-state index >= 15 is 0 Å². The molecule has 0 radical (unpaired) electrons. The summed E-state index contributed by atoms with van der Waals surface area (Å²) in [6.07, 6.45) is 2.92. The second-order valence-electron chi connectivity index (χ2n) is 6.77. The molecule has 1 aliphatic heterocycles. The third-order valence-corrected chi connectivity index (χ3v) is 8.41. The van der Waals surface area contributed by atoms with Crippen LogP contribution in [0.1, 0.15) is 25.8 Å². The van der Waals surface area contributed by atoms with Gasteiger partial charge in [-0.25, -0.2) is 21.6 Å². The molecular weight excluding hydrogens is 432 g/mol. The van der Waals surface area contributed by atoms with E-state index in [9.17, 15) is 26.4 Å². The number of nitrogens with one attached hydrogen (secondary N) is 1. The van der Waals surface area contributed by atoms with Crippen LogP contribution in [0.25, 0.3) is 6.08 Å². The molecule has 0 spiro atoms. The highest BCUT2D eigenvalue weighted by Crippen LogP contribution is 2.17. The summed E-state index contributed by atoms with van der Waals surface area (Å²) in [5.74, 6) is -1.38. The maximum atomic E-state index is 12.4. The number of amides is 1. The second kappa shape index (κ2) is 10.2. The lowest BCUT2D eigenvalue weighted by molar-refractivity contribution is -0.143. The first-order chi connectivity index (χ1) is 14.1. The molecule has 0 unspecified atom stereocenters. The van der Waals surface area contributed by atoms with Gasteiger partial charge in [-0.05, 0) is 30.2 Å². The van der Waals surface area contributed by atoms with Gasteiger partial charge in [-0.2, -0.15) is 4.31 Å². The quantitative estimate of drug-likeness (QED) is 0.423. The lowest BCUT2D eigenvalue weighted by Gasteiger charge is -2.18. The van der Waals surface area contributed by atoms with Crippen molar-refractivity contribution >= 4 is 37.8 Å². The van der Waals surface area contributed by atoms with Crippen LogP contribution in [0.5, 0.6) is 0 Å². The van der Waals surface area contributed by atoms with Gasteiger partial charge in [-0.3, -0.25) is 4.79 Å². The van der Waals surface area contributed by atoms with E-state index in [4.69, 9.17) is 4.74 Å². The zero-order valence-corrected chi connectivity index (χ0v) is 18.5. The number of carbonyl (C=O) groups is 2. The van der Waals surface area contributed by atoms with Gasteiger partial charge in [0.2, 0.25) is 10.0 Å². The molecule has 166 valence electrons. The van der Waals surface area contributed by atoms with Crippen LogP contribution in [0.15, 0.2) is 35.2 Å². The smallest absolute Gasteiger partial charge is 0.331 e. The number of rotatable bonds is 9. The fourth-order valence-corrected chi connectivity index (χ4v) is 6.12. The minimum atomic E-state index is -3.55. The van der Waals surface area contributed by atoms with E-state index in [1.807, 2.05) is 0 Å². The number of esters is 1. The zero-order valence-electron chi connectivity index (χ0n) is 16.9. The number of benzene rings is 1. The SMILES string of the molecule is CCN(CC)S(=O)(=O)c1ccc(/C=C/C(=O)OCC(=O)N[C@H]2CCS(=O)(=O)C2)cc1. The Morgan fingerprint density at radius 1 is 1.20 bits per heavy atom. The van der Waals surface area contributed by atoms with Crippen molar-refractivity contribution in [3.63, 3.8) is 0 Å². The van der Waals surface area contributed by atoms with Gasteiger partial charge in [0.25, 0.3) is 5.91 Å². The molecular formula is C19H26N2O7S2. The summed E-state index contributed by atoms with van der Waals surface area (Å²) in [4.78, 5) is 23.7. The summed E-state index contributed by atoms with van der Waals surface area (Å²) < 4.78 is 53.8. The second-order valence-corrected chi connectivity index (χ2v) is 10.9. The minimum Gasteiger partial charge on any atom is -0.452 e. The Hall–Kier alpha value is -2.24. The standard InChI is InChI=1S/C19H26N2O7S2/c1-3-21(4-2)30(26,27)17-8-5-15(6-9-17)7-10-19(23)28-13-18(22)20-16-11-12-29(24,25)14-16/h5-10,16H,3-4,11-14H2,1-2H3,(H,20,22)/b10-7+/t16-/m0/s1. The molecule has 1 aliphatic rings. The van der Waals surface area contributed by atoms with Crippen LogP contribution >= 0.6 is 0 Å². The highest BCUT2D eigenvalue weighted by Gasteiger charge is 2.29. The molecule has 0 aliphatic carbocycles. The van der Waals surface area contributed by atoms with E-state index in [1.54, 1.807) is 26.0 Å². The van der Waals surface area contributed by atoms with Crippen molar-refractivity contribution < 1.29 is 31.2 Å².